The summed E-state index contributed by atoms with van der Waals surface area (Å²) < 4.78 is 0. The molecule has 158 valence electrons. The summed E-state index contributed by atoms with van der Waals surface area (Å²) in [6.07, 6.45) is 5.88. The summed E-state index contributed by atoms with van der Waals surface area (Å²) in [6.45, 7) is 3.00. The molecule has 0 unspecified atom stereocenters. The van der Waals surface area contributed by atoms with Crippen molar-refractivity contribution in [1.29, 1.82) is 0 Å². The number of para-hydroxylation sites is 2. The van der Waals surface area contributed by atoms with Gasteiger partial charge in [-0.1, -0.05) is 36.4 Å². The SMILES string of the molecule is Nc1ccccc1NC(=O)/C=C/c1cccc(CNc2cccc(N3CCCC3)c2)c1. The van der Waals surface area contributed by atoms with Crippen molar-refractivity contribution >= 4 is 34.7 Å². The molecule has 4 N–H and O–H groups in total. The second-order valence-electron chi connectivity index (χ2n) is 7.75. The van der Waals surface area contributed by atoms with E-state index < -0.39 is 0 Å². The molecule has 0 aliphatic carbocycles. The lowest BCUT2D eigenvalue weighted by atomic mass is 10.1. The predicted molar refractivity (Wildman–Crippen MR) is 130 cm³/mol. The molecule has 0 aromatic heterocycles. The van der Waals surface area contributed by atoms with Crippen LogP contribution in [-0.4, -0.2) is 19.0 Å². The molecule has 1 fully saturated rings. The molecule has 5 nitrogen and oxygen atoms in total. The van der Waals surface area contributed by atoms with Crippen LogP contribution in [0, 0.1) is 0 Å². The number of amides is 1. The lowest BCUT2D eigenvalue weighted by molar-refractivity contribution is -0.111. The summed E-state index contributed by atoms with van der Waals surface area (Å²) in [5, 5.41) is 6.31. The number of nitrogens with two attached hydrogens (primary N) is 1. The smallest absolute Gasteiger partial charge is 0.248 e. The van der Waals surface area contributed by atoms with Crippen molar-refractivity contribution < 1.29 is 4.79 Å². The highest BCUT2D eigenvalue weighted by molar-refractivity contribution is 6.03. The first-order valence-corrected chi connectivity index (χ1v) is 10.7. The lowest BCUT2D eigenvalue weighted by Gasteiger charge is -2.18. The highest BCUT2D eigenvalue weighted by Gasteiger charge is 2.12. The molecule has 4 rings (SSSR count). The highest BCUT2D eigenvalue weighted by Crippen LogP contribution is 2.24. The molecule has 0 saturated carbocycles. The van der Waals surface area contributed by atoms with Gasteiger partial charge in [-0.15, -0.1) is 0 Å². The van der Waals surface area contributed by atoms with Crippen LogP contribution in [0.2, 0.25) is 0 Å². The molecule has 3 aromatic rings. The maximum absolute atomic E-state index is 12.2. The van der Waals surface area contributed by atoms with Gasteiger partial charge in [-0.3, -0.25) is 4.79 Å². The van der Waals surface area contributed by atoms with Gasteiger partial charge in [0.2, 0.25) is 5.91 Å². The molecule has 31 heavy (non-hydrogen) atoms. The van der Waals surface area contributed by atoms with E-state index in [1.54, 1.807) is 12.1 Å². The van der Waals surface area contributed by atoms with Gasteiger partial charge in [0, 0.05) is 37.1 Å². The average molecular weight is 413 g/mol. The van der Waals surface area contributed by atoms with Crippen molar-refractivity contribution in [1.82, 2.24) is 0 Å². The fourth-order valence-electron chi connectivity index (χ4n) is 3.76. The third-order valence-corrected chi connectivity index (χ3v) is 5.41. The van der Waals surface area contributed by atoms with Gasteiger partial charge in [0.25, 0.3) is 0 Å². The maximum Gasteiger partial charge on any atom is 0.248 e. The summed E-state index contributed by atoms with van der Waals surface area (Å²) in [7, 11) is 0. The monoisotopic (exact) mass is 412 g/mol. The number of carbonyl (C=O) groups excluding carboxylic acids is 1. The Morgan fingerprint density at radius 1 is 0.968 bits per heavy atom. The molecule has 0 radical (unpaired) electrons. The normalized spacial score (nSPS) is 13.5. The van der Waals surface area contributed by atoms with E-state index in [4.69, 9.17) is 5.73 Å². The first-order valence-electron chi connectivity index (χ1n) is 10.7. The minimum atomic E-state index is -0.208. The van der Waals surface area contributed by atoms with E-state index in [2.05, 4.69) is 51.9 Å². The Hall–Kier alpha value is -3.73. The van der Waals surface area contributed by atoms with E-state index >= 15 is 0 Å². The van der Waals surface area contributed by atoms with E-state index in [0.29, 0.717) is 11.4 Å². The van der Waals surface area contributed by atoms with Crippen molar-refractivity contribution in [3.05, 3.63) is 90.0 Å². The number of hydrogen-bond acceptors (Lipinski definition) is 4. The Bertz CT molecular complexity index is 1070. The Morgan fingerprint density at radius 2 is 1.77 bits per heavy atom. The number of rotatable bonds is 7. The fourth-order valence-corrected chi connectivity index (χ4v) is 3.76. The third kappa shape index (κ3) is 5.66. The van der Waals surface area contributed by atoms with Crippen LogP contribution in [0.25, 0.3) is 6.08 Å². The number of benzene rings is 3. The zero-order chi connectivity index (χ0) is 21.5. The summed E-state index contributed by atoms with van der Waals surface area (Å²) in [4.78, 5) is 14.6. The molecule has 3 aromatic carbocycles. The van der Waals surface area contributed by atoms with Crippen molar-refractivity contribution in [2.75, 3.05) is 34.4 Å². The van der Waals surface area contributed by atoms with Crippen molar-refractivity contribution in [3.63, 3.8) is 0 Å². The molecule has 1 amide bonds. The Morgan fingerprint density at radius 3 is 2.61 bits per heavy atom. The molecule has 1 saturated heterocycles. The summed E-state index contributed by atoms with van der Waals surface area (Å²) >= 11 is 0. The van der Waals surface area contributed by atoms with E-state index in [9.17, 15) is 4.79 Å². The van der Waals surface area contributed by atoms with Crippen LogP contribution < -0.4 is 21.3 Å². The summed E-state index contributed by atoms with van der Waals surface area (Å²) in [5.74, 6) is -0.208. The Kier molecular flexibility index (Phi) is 6.53. The first kappa shape index (κ1) is 20.5. The van der Waals surface area contributed by atoms with Crippen LogP contribution in [0.15, 0.2) is 78.9 Å². The lowest BCUT2D eigenvalue weighted by Crippen LogP contribution is -2.17. The quantitative estimate of drug-likeness (QED) is 0.371. The number of nitrogens with zero attached hydrogens (tertiary/aromatic N) is 1. The van der Waals surface area contributed by atoms with Crippen LogP contribution in [0.3, 0.4) is 0 Å². The fraction of sp³-hybridized carbons (Fsp3) is 0.192. The van der Waals surface area contributed by atoms with E-state index in [0.717, 1.165) is 36.4 Å². The van der Waals surface area contributed by atoms with Gasteiger partial charge in [0.1, 0.15) is 0 Å². The minimum absolute atomic E-state index is 0.208. The average Bonchev–Trinajstić information content (AvgIpc) is 3.34. The van der Waals surface area contributed by atoms with Crippen molar-refractivity contribution in [3.8, 4) is 0 Å². The predicted octanol–water partition coefficient (Wildman–Crippen LogP) is 5.13. The highest BCUT2D eigenvalue weighted by atomic mass is 16.1. The van der Waals surface area contributed by atoms with Crippen molar-refractivity contribution in [2.45, 2.75) is 19.4 Å². The molecule has 1 aliphatic rings. The number of carbonyl (C=O) groups is 1. The van der Waals surface area contributed by atoms with Crippen LogP contribution in [0.5, 0.6) is 0 Å². The van der Waals surface area contributed by atoms with Gasteiger partial charge < -0.3 is 21.3 Å². The molecule has 0 spiro atoms. The zero-order valence-electron chi connectivity index (χ0n) is 17.6. The van der Waals surface area contributed by atoms with Crippen LogP contribution in [-0.2, 0) is 11.3 Å². The van der Waals surface area contributed by atoms with E-state index in [-0.39, 0.29) is 5.91 Å². The van der Waals surface area contributed by atoms with Gasteiger partial charge in [0.15, 0.2) is 0 Å². The molecular weight excluding hydrogens is 384 g/mol. The number of nitrogen functional groups attached to an aromatic ring is 1. The van der Waals surface area contributed by atoms with Gasteiger partial charge in [-0.2, -0.15) is 0 Å². The van der Waals surface area contributed by atoms with Crippen LogP contribution in [0.4, 0.5) is 22.7 Å². The Labute approximate surface area is 183 Å². The van der Waals surface area contributed by atoms with E-state index in [1.807, 2.05) is 30.3 Å². The molecule has 5 heteroatoms. The second kappa shape index (κ2) is 9.85. The largest absolute Gasteiger partial charge is 0.397 e. The van der Waals surface area contributed by atoms with Crippen molar-refractivity contribution in [2.24, 2.45) is 0 Å². The van der Waals surface area contributed by atoms with Gasteiger partial charge in [-0.05, 0) is 66.4 Å². The molecule has 1 aliphatic heterocycles. The minimum Gasteiger partial charge on any atom is -0.397 e. The Balaban J connectivity index is 1.35. The maximum atomic E-state index is 12.2. The topological polar surface area (TPSA) is 70.4 Å². The molecular formula is C26H28N4O. The van der Waals surface area contributed by atoms with Gasteiger partial charge in [0.05, 0.1) is 11.4 Å². The summed E-state index contributed by atoms with van der Waals surface area (Å²) in [6, 6.07) is 24.0. The number of hydrogen-bond donors (Lipinski definition) is 3. The van der Waals surface area contributed by atoms with Crippen LogP contribution in [0.1, 0.15) is 24.0 Å². The third-order valence-electron chi connectivity index (χ3n) is 5.41. The van der Waals surface area contributed by atoms with E-state index in [1.165, 1.54) is 24.6 Å². The number of nitrogens with one attached hydrogen (secondary N) is 2. The first-order chi connectivity index (χ1) is 15.2. The number of anilines is 4. The molecule has 0 atom stereocenters. The van der Waals surface area contributed by atoms with Gasteiger partial charge >= 0.3 is 0 Å². The molecule has 1 heterocycles. The second-order valence-corrected chi connectivity index (χ2v) is 7.75. The zero-order valence-corrected chi connectivity index (χ0v) is 17.6. The summed E-state index contributed by atoms with van der Waals surface area (Å²) in [5.41, 5.74) is 11.6. The molecule has 0 bridgehead atoms. The van der Waals surface area contributed by atoms with Gasteiger partial charge in [-0.25, -0.2) is 0 Å². The van der Waals surface area contributed by atoms with Crippen LogP contribution >= 0.6 is 0 Å². The standard InChI is InChI=1S/C26H28N4O/c27-24-11-1-2-12-25(24)29-26(31)14-13-20-7-5-8-21(17-20)19-28-22-9-6-10-23(18-22)30-15-3-4-16-30/h1-2,5-14,17-18,28H,3-4,15-16,19,27H2,(H,29,31)/b14-13+.